The second-order valence-corrected chi connectivity index (χ2v) is 5.26. The van der Waals surface area contributed by atoms with Crippen LogP contribution in [0, 0.1) is 0 Å². The van der Waals surface area contributed by atoms with E-state index in [2.05, 4.69) is 33.5 Å². The highest BCUT2D eigenvalue weighted by Gasteiger charge is 2.28. The summed E-state index contributed by atoms with van der Waals surface area (Å²) in [6, 6.07) is 2.40. The minimum atomic E-state index is 0.330. The lowest BCUT2D eigenvalue weighted by atomic mass is 10.2. The van der Waals surface area contributed by atoms with Gasteiger partial charge in [-0.2, -0.15) is 10.1 Å². The Morgan fingerprint density at radius 2 is 2.32 bits per heavy atom. The maximum atomic E-state index is 5.30. The first-order valence-corrected chi connectivity index (χ1v) is 6.71. The van der Waals surface area contributed by atoms with Crippen LogP contribution in [0.5, 0.6) is 0 Å². The second-order valence-electron chi connectivity index (χ2n) is 5.26. The van der Waals surface area contributed by atoms with Gasteiger partial charge in [0.2, 0.25) is 0 Å². The molecule has 0 bridgehead atoms. The van der Waals surface area contributed by atoms with E-state index in [0.29, 0.717) is 17.9 Å². The smallest absolute Gasteiger partial charge is 0.278 e. The van der Waals surface area contributed by atoms with Crippen molar-refractivity contribution in [3.05, 3.63) is 17.6 Å². The summed E-state index contributed by atoms with van der Waals surface area (Å²) in [7, 11) is 3.89. The van der Waals surface area contributed by atoms with E-state index in [-0.39, 0.29) is 0 Å². The Labute approximate surface area is 112 Å². The van der Waals surface area contributed by atoms with Crippen molar-refractivity contribution in [1.29, 1.82) is 0 Å². The van der Waals surface area contributed by atoms with Crippen LogP contribution in [0.25, 0.3) is 11.6 Å². The molecular weight excluding hydrogens is 242 g/mol. The Hall–Kier alpha value is -1.69. The largest absolute Gasteiger partial charge is 0.332 e. The molecule has 1 unspecified atom stereocenters. The number of hydrogen-bond acceptors (Lipinski definition) is 5. The van der Waals surface area contributed by atoms with E-state index in [9.17, 15) is 0 Å². The van der Waals surface area contributed by atoms with Gasteiger partial charge in [-0.1, -0.05) is 5.16 Å². The summed E-state index contributed by atoms with van der Waals surface area (Å²) in [6.07, 6.45) is 3.27. The molecule has 3 rings (SSSR count). The fraction of sp³-hybridized carbons (Fsp3) is 0.615. The third-order valence-electron chi connectivity index (χ3n) is 3.58. The Morgan fingerprint density at radius 3 is 3.00 bits per heavy atom. The van der Waals surface area contributed by atoms with E-state index in [1.165, 1.54) is 18.5 Å². The van der Waals surface area contributed by atoms with E-state index in [1.54, 1.807) is 0 Å². The normalized spacial score (nSPS) is 16.8. The minimum absolute atomic E-state index is 0.330. The van der Waals surface area contributed by atoms with Crippen LogP contribution in [-0.4, -0.2) is 33.0 Å². The number of nitrogens with zero attached hydrogens (tertiary/aromatic N) is 4. The topological polar surface area (TPSA) is 68.8 Å². The van der Waals surface area contributed by atoms with Crippen LogP contribution in [-0.2, 0) is 13.5 Å². The van der Waals surface area contributed by atoms with Crippen LogP contribution in [0.1, 0.15) is 37.2 Å². The molecule has 2 heterocycles. The highest BCUT2D eigenvalue weighted by molar-refractivity contribution is 5.48. The standard InChI is InChI=1S/C13H19N5O/c1-8(14-2)6-12-15-13(19-17-12)10-7-11(9-4-5-9)18(3)16-10/h7-9,14H,4-6H2,1-3H3. The van der Waals surface area contributed by atoms with Crippen molar-refractivity contribution in [2.45, 2.75) is 38.1 Å². The van der Waals surface area contributed by atoms with Crippen LogP contribution in [0.15, 0.2) is 10.6 Å². The van der Waals surface area contributed by atoms with Gasteiger partial charge in [-0.05, 0) is 32.9 Å². The molecule has 19 heavy (non-hydrogen) atoms. The molecule has 1 fully saturated rings. The van der Waals surface area contributed by atoms with Crippen molar-refractivity contribution in [1.82, 2.24) is 25.2 Å². The van der Waals surface area contributed by atoms with Gasteiger partial charge in [0.05, 0.1) is 0 Å². The van der Waals surface area contributed by atoms with Gasteiger partial charge in [0.1, 0.15) is 0 Å². The van der Waals surface area contributed by atoms with Crippen LogP contribution in [0.2, 0.25) is 0 Å². The van der Waals surface area contributed by atoms with Crippen LogP contribution in [0.3, 0.4) is 0 Å². The molecule has 0 saturated heterocycles. The maximum absolute atomic E-state index is 5.30. The maximum Gasteiger partial charge on any atom is 0.278 e. The van der Waals surface area contributed by atoms with Crippen LogP contribution >= 0.6 is 0 Å². The lowest BCUT2D eigenvalue weighted by molar-refractivity contribution is 0.416. The molecule has 0 aliphatic heterocycles. The molecule has 102 valence electrons. The lowest BCUT2D eigenvalue weighted by Crippen LogP contribution is -2.24. The molecule has 1 N–H and O–H groups in total. The Kier molecular flexibility index (Phi) is 3.10. The van der Waals surface area contributed by atoms with Gasteiger partial charge in [-0.25, -0.2) is 0 Å². The summed E-state index contributed by atoms with van der Waals surface area (Å²) in [4.78, 5) is 4.41. The first kappa shape index (κ1) is 12.3. The van der Waals surface area contributed by atoms with E-state index < -0.39 is 0 Å². The summed E-state index contributed by atoms with van der Waals surface area (Å²) >= 11 is 0. The molecule has 1 atom stereocenters. The summed E-state index contributed by atoms with van der Waals surface area (Å²) in [5.74, 6) is 1.90. The van der Waals surface area contributed by atoms with E-state index >= 15 is 0 Å². The Morgan fingerprint density at radius 1 is 1.53 bits per heavy atom. The summed E-state index contributed by atoms with van der Waals surface area (Å²) in [5, 5.41) is 11.6. The molecular formula is C13H19N5O. The van der Waals surface area contributed by atoms with Crippen molar-refractivity contribution in [2.24, 2.45) is 7.05 Å². The fourth-order valence-corrected chi connectivity index (χ4v) is 2.16. The molecule has 2 aromatic rings. The summed E-state index contributed by atoms with van der Waals surface area (Å²) in [5.41, 5.74) is 2.04. The quantitative estimate of drug-likeness (QED) is 0.883. The van der Waals surface area contributed by atoms with Gasteiger partial charge in [0.15, 0.2) is 11.5 Å². The van der Waals surface area contributed by atoms with Crippen molar-refractivity contribution in [3.63, 3.8) is 0 Å². The van der Waals surface area contributed by atoms with Crippen molar-refractivity contribution in [3.8, 4) is 11.6 Å². The summed E-state index contributed by atoms with van der Waals surface area (Å²) < 4.78 is 7.22. The molecule has 6 nitrogen and oxygen atoms in total. The third-order valence-corrected chi connectivity index (χ3v) is 3.58. The zero-order chi connectivity index (χ0) is 13.4. The number of hydrogen-bond donors (Lipinski definition) is 1. The molecule has 0 radical (unpaired) electrons. The Bertz CT molecular complexity index is 569. The average molecular weight is 261 g/mol. The average Bonchev–Trinajstić information content (AvgIpc) is 3.01. The molecule has 0 aromatic carbocycles. The molecule has 0 amide bonds. The van der Waals surface area contributed by atoms with Crippen LogP contribution in [0.4, 0.5) is 0 Å². The van der Waals surface area contributed by atoms with Gasteiger partial charge in [0.25, 0.3) is 5.89 Å². The lowest BCUT2D eigenvalue weighted by Gasteiger charge is -2.04. The van der Waals surface area contributed by atoms with Gasteiger partial charge in [0, 0.05) is 31.1 Å². The second kappa shape index (κ2) is 4.77. The zero-order valence-corrected chi connectivity index (χ0v) is 11.6. The molecule has 6 heteroatoms. The molecule has 1 aliphatic carbocycles. The number of rotatable bonds is 5. The van der Waals surface area contributed by atoms with Gasteiger partial charge < -0.3 is 9.84 Å². The van der Waals surface area contributed by atoms with E-state index in [1.807, 2.05) is 18.8 Å². The van der Waals surface area contributed by atoms with E-state index in [4.69, 9.17) is 4.52 Å². The first-order chi connectivity index (χ1) is 9.17. The fourth-order valence-electron chi connectivity index (χ4n) is 2.16. The van der Waals surface area contributed by atoms with Gasteiger partial charge in [-0.3, -0.25) is 4.68 Å². The highest BCUT2D eigenvalue weighted by Crippen LogP contribution is 2.40. The number of likely N-dealkylation sites (N-methyl/N-ethyl adjacent to an activating group) is 1. The first-order valence-electron chi connectivity index (χ1n) is 6.71. The van der Waals surface area contributed by atoms with Crippen molar-refractivity contribution < 1.29 is 4.52 Å². The van der Waals surface area contributed by atoms with Gasteiger partial charge >= 0.3 is 0 Å². The van der Waals surface area contributed by atoms with Crippen molar-refractivity contribution >= 4 is 0 Å². The van der Waals surface area contributed by atoms with E-state index in [0.717, 1.165) is 17.9 Å². The van der Waals surface area contributed by atoms with Crippen LogP contribution < -0.4 is 5.32 Å². The summed E-state index contributed by atoms with van der Waals surface area (Å²) in [6.45, 7) is 2.09. The molecule has 1 saturated carbocycles. The number of nitrogens with one attached hydrogen (secondary N) is 1. The molecule has 1 aliphatic rings. The predicted molar refractivity (Wildman–Crippen MR) is 70.7 cm³/mol. The monoisotopic (exact) mass is 261 g/mol. The third kappa shape index (κ3) is 2.53. The predicted octanol–water partition coefficient (Wildman–Crippen LogP) is 1.50. The highest BCUT2D eigenvalue weighted by atomic mass is 16.5. The van der Waals surface area contributed by atoms with Crippen molar-refractivity contribution in [2.75, 3.05) is 7.05 Å². The SMILES string of the molecule is CNC(C)Cc1noc(-c2cc(C3CC3)n(C)n2)n1. The molecule has 0 spiro atoms. The Balaban J connectivity index is 1.80. The minimum Gasteiger partial charge on any atom is -0.332 e. The number of aromatic nitrogens is 4. The van der Waals surface area contributed by atoms with Gasteiger partial charge in [-0.15, -0.1) is 0 Å². The molecule has 2 aromatic heterocycles. The number of aryl methyl sites for hydroxylation is 1. The zero-order valence-electron chi connectivity index (χ0n) is 11.6.